The molecule has 0 unspecified atom stereocenters. The smallest absolute Gasteiger partial charge is 0.343 e. The maximum absolute atomic E-state index is 12.8. The molecule has 0 bridgehead atoms. The SMILES string of the molecule is CCOc1ccc(C(=O)Oc2ccc(/C=N/NC(=O)C(Oc3ccccc3)Oc3ccccc3)cc2)cc1. The summed E-state index contributed by atoms with van der Waals surface area (Å²) in [5.74, 6) is 0.937. The van der Waals surface area contributed by atoms with Gasteiger partial charge >= 0.3 is 18.2 Å². The molecule has 1 N–H and O–H groups in total. The lowest BCUT2D eigenvalue weighted by atomic mass is 10.2. The van der Waals surface area contributed by atoms with Crippen LogP contribution in [0.4, 0.5) is 0 Å². The Hall–Kier alpha value is -5.11. The van der Waals surface area contributed by atoms with E-state index in [1.54, 1.807) is 97.1 Å². The van der Waals surface area contributed by atoms with Crippen LogP contribution in [0, 0.1) is 0 Å². The molecule has 0 saturated carbocycles. The van der Waals surface area contributed by atoms with Gasteiger partial charge in [0.15, 0.2) is 0 Å². The van der Waals surface area contributed by atoms with E-state index in [0.29, 0.717) is 40.7 Å². The number of amides is 1. The minimum absolute atomic E-state index is 0.373. The summed E-state index contributed by atoms with van der Waals surface area (Å²) in [6, 6.07) is 31.2. The highest BCUT2D eigenvalue weighted by atomic mass is 16.7. The Morgan fingerprint density at radius 1 is 0.737 bits per heavy atom. The van der Waals surface area contributed by atoms with Crippen LogP contribution < -0.4 is 24.4 Å². The van der Waals surface area contributed by atoms with Gasteiger partial charge in [-0.25, -0.2) is 10.2 Å². The highest BCUT2D eigenvalue weighted by Gasteiger charge is 2.22. The highest BCUT2D eigenvalue weighted by Crippen LogP contribution is 2.18. The third kappa shape index (κ3) is 7.69. The quantitative estimate of drug-likeness (QED) is 0.0975. The molecule has 0 saturated heterocycles. The zero-order valence-electron chi connectivity index (χ0n) is 20.7. The lowest BCUT2D eigenvalue weighted by Gasteiger charge is -2.18. The van der Waals surface area contributed by atoms with Crippen molar-refractivity contribution in [3.8, 4) is 23.0 Å². The van der Waals surface area contributed by atoms with Crippen molar-refractivity contribution in [3.05, 3.63) is 120 Å². The zero-order valence-corrected chi connectivity index (χ0v) is 20.7. The van der Waals surface area contributed by atoms with E-state index in [9.17, 15) is 9.59 Å². The highest BCUT2D eigenvalue weighted by molar-refractivity contribution is 5.91. The second-order valence-electron chi connectivity index (χ2n) is 7.84. The first-order valence-corrected chi connectivity index (χ1v) is 11.9. The van der Waals surface area contributed by atoms with Crippen LogP contribution in [0.2, 0.25) is 0 Å². The third-order valence-electron chi connectivity index (χ3n) is 5.07. The first-order chi connectivity index (χ1) is 18.6. The number of hydrogen-bond donors (Lipinski definition) is 1. The number of hydrazone groups is 1. The summed E-state index contributed by atoms with van der Waals surface area (Å²) in [5.41, 5.74) is 3.52. The summed E-state index contributed by atoms with van der Waals surface area (Å²) in [4.78, 5) is 25.1. The Labute approximate surface area is 220 Å². The number of rotatable bonds is 11. The first-order valence-electron chi connectivity index (χ1n) is 11.9. The van der Waals surface area contributed by atoms with Crippen LogP contribution in [0.1, 0.15) is 22.8 Å². The van der Waals surface area contributed by atoms with Crippen LogP contribution in [0.15, 0.2) is 114 Å². The monoisotopic (exact) mass is 510 g/mol. The predicted molar refractivity (Wildman–Crippen MR) is 143 cm³/mol. The Morgan fingerprint density at radius 3 is 1.84 bits per heavy atom. The van der Waals surface area contributed by atoms with E-state index >= 15 is 0 Å². The number of carbonyl (C=O) groups is 2. The van der Waals surface area contributed by atoms with Gasteiger partial charge in [-0.3, -0.25) is 4.79 Å². The zero-order chi connectivity index (χ0) is 26.6. The minimum atomic E-state index is -1.26. The molecule has 0 heterocycles. The average molecular weight is 511 g/mol. The number of nitrogens with one attached hydrogen (secondary N) is 1. The number of esters is 1. The van der Waals surface area contributed by atoms with E-state index in [0.717, 1.165) is 0 Å². The van der Waals surface area contributed by atoms with Crippen molar-refractivity contribution in [1.82, 2.24) is 5.43 Å². The lowest BCUT2D eigenvalue weighted by Crippen LogP contribution is -2.40. The number of ether oxygens (including phenoxy) is 4. The molecule has 8 heteroatoms. The van der Waals surface area contributed by atoms with Crippen molar-refractivity contribution >= 4 is 18.1 Å². The summed E-state index contributed by atoms with van der Waals surface area (Å²) in [6.45, 7) is 2.44. The Bertz CT molecular complexity index is 1300. The van der Waals surface area contributed by atoms with Gasteiger partial charge in [0, 0.05) is 0 Å². The van der Waals surface area contributed by atoms with Crippen LogP contribution in [-0.2, 0) is 4.79 Å². The van der Waals surface area contributed by atoms with Gasteiger partial charge < -0.3 is 18.9 Å². The van der Waals surface area contributed by atoms with Crippen LogP contribution in [-0.4, -0.2) is 31.0 Å². The van der Waals surface area contributed by atoms with Crippen molar-refractivity contribution in [3.63, 3.8) is 0 Å². The van der Waals surface area contributed by atoms with Crippen molar-refractivity contribution < 1.29 is 28.5 Å². The van der Waals surface area contributed by atoms with Crippen molar-refractivity contribution in [2.24, 2.45) is 5.10 Å². The first kappa shape index (κ1) is 26.0. The van der Waals surface area contributed by atoms with Gasteiger partial charge in [0.1, 0.15) is 23.0 Å². The maximum atomic E-state index is 12.8. The largest absolute Gasteiger partial charge is 0.494 e. The van der Waals surface area contributed by atoms with E-state index in [1.807, 2.05) is 19.1 Å². The number of nitrogens with zero attached hydrogens (tertiary/aromatic N) is 1. The summed E-state index contributed by atoms with van der Waals surface area (Å²) in [7, 11) is 0. The standard InChI is InChI=1S/C30H26N2O6/c1-2-35-24-19-15-23(16-20-24)29(34)36-27-17-13-22(14-18-27)21-31-32-28(33)30(37-25-9-5-3-6-10-25)38-26-11-7-4-8-12-26/h3-21,30H,2H2,1H3,(H,32,33)/b31-21+. The fourth-order valence-electron chi connectivity index (χ4n) is 3.24. The number of hydrogen-bond acceptors (Lipinski definition) is 7. The summed E-state index contributed by atoms with van der Waals surface area (Å²) >= 11 is 0. The molecule has 4 aromatic carbocycles. The molecule has 0 spiro atoms. The third-order valence-corrected chi connectivity index (χ3v) is 5.07. The lowest BCUT2D eigenvalue weighted by molar-refractivity contribution is -0.140. The normalized spacial score (nSPS) is 10.7. The second kappa shape index (κ2) is 13.3. The second-order valence-corrected chi connectivity index (χ2v) is 7.84. The molecule has 192 valence electrons. The van der Waals surface area contributed by atoms with Gasteiger partial charge in [-0.15, -0.1) is 0 Å². The number of para-hydroxylation sites is 2. The molecule has 4 rings (SSSR count). The van der Waals surface area contributed by atoms with Crippen LogP contribution in [0.3, 0.4) is 0 Å². The van der Waals surface area contributed by atoms with E-state index in [2.05, 4.69) is 10.5 Å². The van der Waals surface area contributed by atoms with Crippen molar-refractivity contribution in [2.45, 2.75) is 13.2 Å². The molecule has 38 heavy (non-hydrogen) atoms. The Kier molecular flexibility index (Phi) is 9.07. The molecule has 0 aliphatic rings. The van der Waals surface area contributed by atoms with Crippen LogP contribution >= 0.6 is 0 Å². The van der Waals surface area contributed by atoms with E-state index in [-0.39, 0.29) is 0 Å². The molecular formula is C30H26N2O6. The summed E-state index contributed by atoms with van der Waals surface area (Å²) in [5, 5.41) is 4.00. The van der Waals surface area contributed by atoms with Crippen LogP contribution in [0.25, 0.3) is 0 Å². The van der Waals surface area contributed by atoms with Gasteiger partial charge in [0.05, 0.1) is 18.4 Å². The molecule has 0 aromatic heterocycles. The Morgan fingerprint density at radius 2 is 1.29 bits per heavy atom. The predicted octanol–water partition coefficient (Wildman–Crippen LogP) is 5.24. The fraction of sp³-hybridized carbons (Fsp3) is 0.100. The van der Waals surface area contributed by atoms with Gasteiger partial charge in [-0.05, 0) is 85.3 Å². The van der Waals surface area contributed by atoms with Gasteiger partial charge in [0.25, 0.3) is 0 Å². The molecule has 0 atom stereocenters. The molecule has 4 aromatic rings. The number of carbonyl (C=O) groups excluding carboxylic acids is 2. The summed E-state index contributed by atoms with van der Waals surface area (Å²) in [6.07, 6.45) is 0.194. The molecule has 0 aliphatic carbocycles. The molecule has 0 fully saturated rings. The van der Waals surface area contributed by atoms with E-state index < -0.39 is 18.2 Å². The molecule has 0 radical (unpaired) electrons. The fourth-order valence-corrected chi connectivity index (χ4v) is 3.24. The number of benzene rings is 4. The van der Waals surface area contributed by atoms with Gasteiger partial charge in [-0.1, -0.05) is 36.4 Å². The minimum Gasteiger partial charge on any atom is -0.494 e. The molecule has 1 amide bonds. The van der Waals surface area contributed by atoms with Crippen LogP contribution in [0.5, 0.6) is 23.0 Å². The average Bonchev–Trinajstić information content (AvgIpc) is 2.95. The van der Waals surface area contributed by atoms with Gasteiger partial charge in [-0.2, -0.15) is 5.10 Å². The van der Waals surface area contributed by atoms with Crippen molar-refractivity contribution in [2.75, 3.05) is 6.61 Å². The maximum Gasteiger partial charge on any atom is 0.343 e. The molecular weight excluding hydrogens is 484 g/mol. The molecule has 0 aliphatic heterocycles. The summed E-state index contributed by atoms with van der Waals surface area (Å²) < 4.78 is 22.3. The Balaban J connectivity index is 1.33. The van der Waals surface area contributed by atoms with Crippen molar-refractivity contribution in [1.29, 1.82) is 0 Å². The van der Waals surface area contributed by atoms with E-state index in [1.165, 1.54) is 6.21 Å². The van der Waals surface area contributed by atoms with Gasteiger partial charge in [0.2, 0.25) is 0 Å². The topological polar surface area (TPSA) is 95.5 Å². The van der Waals surface area contributed by atoms with E-state index in [4.69, 9.17) is 18.9 Å². The molecule has 8 nitrogen and oxygen atoms in total.